The Kier molecular flexibility index (Phi) is 3.61. The number of fused-ring (bicyclic) bond motifs is 1. The predicted octanol–water partition coefficient (Wildman–Crippen LogP) is 4.88. The first-order valence-corrected chi connectivity index (χ1v) is 6.70. The van der Waals surface area contributed by atoms with E-state index in [0.29, 0.717) is 16.3 Å². The number of hydrogen-bond donors (Lipinski definition) is 0. The average molecular weight is 276 g/mol. The van der Waals surface area contributed by atoms with Crippen LogP contribution in [0.1, 0.15) is 15.9 Å². The SMILES string of the molecule is O=C(C=Cc1ccccc1)c1ccc(F)c2ccccc12. The zero-order valence-corrected chi connectivity index (χ0v) is 11.3. The van der Waals surface area contributed by atoms with Crippen LogP contribution in [0.4, 0.5) is 4.39 Å². The molecule has 0 atom stereocenters. The number of carbonyl (C=O) groups excluding carboxylic acids is 1. The van der Waals surface area contributed by atoms with Crippen LogP contribution in [0.15, 0.2) is 72.8 Å². The molecule has 0 amide bonds. The van der Waals surface area contributed by atoms with Gasteiger partial charge in [-0.15, -0.1) is 0 Å². The van der Waals surface area contributed by atoms with E-state index in [1.165, 1.54) is 18.2 Å². The molecule has 0 heterocycles. The Morgan fingerprint density at radius 3 is 2.24 bits per heavy atom. The minimum absolute atomic E-state index is 0.130. The fourth-order valence-electron chi connectivity index (χ4n) is 2.30. The van der Waals surface area contributed by atoms with Gasteiger partial charge in [0.15, 0.2) is 5.78 Å². The molecule has 0 aliphatic heterocycles. The van der Waals surface area contributed by atoms with Crippen molar-refractivity contribution in [2.45, 2.75) is 0 Å². The summed E-state index contributed by atoms with van der Waals surface area (Å²) in [7, 11) is 0. The molecular formula is C19H13FO. The third kappa shape index (κ3) is 2.75. The summed E-state index contributed by atoms with van der Waals surface area (Å²) >= 11 is 0. The Labute approximate surface area is 122 Å². The Bertz CT molecular complexity index is 819. The molecule has 0 saturated carbocycles. The first kappa shape index (κ1) is 13.3. The Morgan fingerprint density at radius 1 is 0.810 bits per heavy atom. The highest BCUT2D eigenvalue weighted by atomic mass is 19.1. The van der Waals surface area contributed by atoms with E-state index in [0.717, 1.165) is 5.56 Å². The average Bonchev–Trinajstić information content (AvgIpc) is 2.54. The van der Waals surface area contributed by atoms with Crippen LogP contribution in [0.5, 0.6) is 0 Å². The van der Waals surface area contributed by atoms with Gasteiger partial charge in [0.05, 0.1) is 0 Å². The zero-order chi connectivity index (χ0) is 14.7. The Hall–Kier alpha value is -2.74. The molecule has 2 heteroatoms. The molecule has 3 aromatic rings. The quantitative estimate of drug-likeness (QED) is 0.492. The molecule has 3 aromatic carbocycles. The minimum Gasteiger partial charge on any atom is -0.289 e. The van der Waals surface area contributed by atoms with Crippen molar-refractivity contribution in [2.75, 3.05) is 0 Å². The van der Waals surface area contributed by atoms with Gasteiger partial charge in [0.1, 0.15) is 5.82 Å². The number of ketones is 1. The van der Waals surface area contributed by atoms with Crippen LogP contribution in [0, 0.1) is 5.82 Å². The van der Waals surface area contributed by atoms with Crippen LogP contribution in [-0.4, -0.2) is 5.78 Å². The van der Waals surface area contributed by atoms with E-state index in [1.54, 1.807) is 30.3 Å². The molecule has 0 radical (unpaired) electrons. The normalized spacial score (nSPS) is 11.1. The molecule has 0 saturated heterocycles. The fourth-order valence-corrected chi connectivity index (χ4v) is 2.30. The van der Waals surface area contributed by atoms with Crippen LogP contribution in [0.25, 0.3) is 16.8 Å². The number of halogens is 1. The maximum Gasteiger partial charge on any atom is 0.186 e. The number of benzene rings is 3. The van der Waals surface area contributed by atoms with Crippen molar-refractivity contribution >= 4 is 22.6 Å². The molecule has 0 aromatic heterocycles. The molecule has 0 N–H and O–H groups in total. The van der Waals surface area contributed by atoms with Gasteiger partial charge in [-0.2, -0.15) is 0 Å². The lowest BCUT2D eigenvalue weighted by Crippen LogP contribution is -1.96. The summed E-state index contributed by atoms with van der Waals surface area (Å²) in [5.74, 6) is -0.441. The zero-order valence-electron chi connectivity index (χ0n) is 11.3. The molecular weight excluding hydrogens is 263 g/mol. The first-order chi connectivity index (χ1) is 10.3. The smallest absolute Gasteiger partial charge is 0.186 e. The number of allylic oxidation sites excluding steroid dienone is 1. The maximum atomic E-state index is 13.8. The Morgan fingerprint density at radius 2 is 1.48 bits per heavy atom. The van der Waals surface area contributed by atoms with Gasteiger partial charge in [-0.1, -0.05) is 60.7 Å². The lowest BCUT2D eigenvalue weighted by Gasteiger charge is -2.04. The first-order valence-electron chi connectivity index (χ1n) is 6.70. The summed E-state index contributed by atoms with van der Waals surface area (Å²) < 4.78 is 13.8. The summed E-state index contributed by atoms with van der Waals surface area (Å²) in [6.07, 6.45) is 3.29. The predicted molar refractivity (Wildman–Crippen MR) is 83.7 cm³/mol. The number of rotatable bonds is 3. The highest BCUT2D eigenvalue weighted by molar-refractivity contribution is 6.14. The van der Waals surface area contributed by atoms with Gasteiger partial charge in [-0.3, -0.25) is 4.79 Å². The summed E-state index contributed by atoms with van der Waals surface area (Å²) in [5, 5.41) is 1.11. The van der Waals surface area contributed by atoms with Gasteiger partial charge in [0.2, 0.25) is 0 Å². The molecule has 21 heavy (non-hydrogen) atoms. The molecule has 0 fully saturated rings. The second-order valence-electron chi connectivity index (χ2n) is 4.75. The van der Waals surface area contributed by atoms with Gasteiger partial charge in [0, 0.05) is 10.9 Å². The maximum absolute atomic E-state index is 13.8. The van der Waals surface area contributed by atoms with E-state index in [1.807, 2.05) is 30.3 Å². The molecule has 102 valence electrons. The molecule has 0 spiro atoms. The van der Waals surface area contributed by atoms with Gasteiger partial charge in [0.25, 0.3) is 0 Å². The summed E-state index contributed by atoms with van der Waals surface area (Å²) in [4.78, 5) is 12.3. The standard InChI is InChI=1S/C19H13FO/c20-18-12-11-17(15-8-4-5-9-16(15)18)19(21)13-10-14-6-2-1-3-7-14/h1-13H. The van der Waals surface area contributed by atoms with Crippen molar-refractivity contribution < 1.29 is 9.18 Å². The number of carbonyl (C=O) groups is 1. The van der Waals surface area contributed by atoms with E-state index in [4.69, 9.17) is 0 Å². The van der Waals surface area contributed by atoms with Crippen molar-refractivity contribution in [1.29, 1.82) is 0 Å². The highest BCUT2D eigenvalue weighted by Crippen LogP contribution is 2.22. The van der Waals surface area contributed by atoms with Gasteiger partial charge in [-0.05, 0) is 29.2 Å². The van der Waals surface area contributed by atoms with Gasteiger partial charge in [-0.25, -0.2) is 4.39 Å². The summed E-state index contributed by atoms with van der Waals surface area (Å²) in [5.41, 5.74) is 1.47. The molecule has 0 aliphatic carbocycles. The van der Waals surface area contributed by atoms with E-state index in [-0.39, 0.29) is 11.6 Å². The van der Waals surface area contributed by atoms with E-state index in [9.17, 15) is 9.18 Å². The van der Waals surface area contributed by atoms with Crippen LogP contribution < -0.4 is 0 Å². The van der Waals surface area contributed by atoms with Crippen molar-refractivity contribution in [1.82, 2.24) is 0 Å². The lowest BCUT2D eigenvalue weighted by molar-refractivity contribution is 0.104. The third-order valence-electron chi connectivity index (χ3n) is 3.36. The third-order valence-corrected chi connectivity index (χ3v) is 3.36. The van der Waals surface area contributed by atoms with Crippen molar-refractivity contribution in [2.24, 2.45) is 0 Å². The second kappa shape index (κ2) is 5.71. The Balaban J connectivity index is 1.99. The molecule has 0 aliphatic rings. The lowest BCUT2D eigenvalue weighted by atomic mass is 10.0. The van der Waals surface area contributed by atoms with Crippen molar-refractivity contribution in [3.8, 4) is 0 Å². The highest BCUT2D eigenvalue weighted by Gasteiger charge is 2.09. The fraction of sp³-hybridized carbons (Fsp3) is 0. The van der Waals surface area contributed by atoms with E-state index < -0.39 is 0 Å². The van der Waals surface area contributed by atoms with Gasteiger partial charge < -0.3 is 0 Å². The topological polar surface area (TPSA) is 17.1 Å². The molecule has 0 bridgehead atoms. The van der Waals surface area contributed by atoms with Crippen LogP contribution in [0.2, 0.25) is 0 Å². The van der Waals surface area contributed by atoms with Crippen LogP contribution >= 0.6 is 0 Å². The molecule has 1 nitrogen and oxygen atoms in total. The molecule has 0 unspecified atom stereocenters. The minimum atomic E-state index is -0.311. The van der Waals surface area contributed by atoms with Crippen molar-refractivity contribution in [3.05, 3.63) is 89.8 Å². The van der Waals surface area contributed by atoms with Crippen molar-refractivity contribution in [3.63, 3.8) is 0 Å². The largest absolute Gasteiger partial charge is 0.289 e. The van der Waals surface area contributed by atoms with Crippen LogP contribution in [-0.2, 0) is 0 Å². The van der Waals surface area contributed by atoms with Crippen LogP contribution in [0.3, 0.4) is 0 Å². The monoisotopic (exact) mass is 276 g/mol. The summed E-state index contributed by atoms with van der Waals surface area (Å²) in [6.45, 7) is 0. The summed E-state index contributed by atoms with van der Waals surface area (Å²) in [6, 6.07) is 19.5. The second-order valence-corrected chi connectivity index (χ2v) is 4.75. The van der Waals surface area contributed by atoms with Gasteiger partial charge >= 0.3 is 0 Å². The number of hydrogen-bond acceptors (Lipinski definition) is 1. The van der Waals surface area contributed by atoms with E-state index >= 15 is 0 Å². The molecule has 3 rings (SSSR count). The van der Waals surface area contributed by atoms with E-state index in [2.05, 4.69) is 0 Å².